The fourth-order valence-corrected chi connectivity index (χ4v) is 1.58. The van der Waals surface area contributed by atoms with Crippen LogP contribution in [0.15, 0.2) is 16.6 Å². The highest BCUT2D eigenvalue weighted by molar-refractivity contribution is 9.10. The molecule has 0 aromatic heterocycles. The van der Waals surface area contributed by atoms with Gasteiger partial charge >= 0.3 is 11.7 Å². The molecule has 8 heteroatoms. The number of carbonyl (C=O) groups excluding carboxylic acids is 1. The van der Waals surface area contributed by atoms with Gasteiger partial charge in [0.25, 0.3) is 0 Å². The van der Waals surface area contributed by atoms with E-state index in [9.17, 15) is 19.3 Å². The smallest absolute Gasteiger partial charge is 0.347 e. The van der Waals surface area contributed by atoms with Crippen molar-refractivity contribution < 1.29 is 23.6 Å². The van der Waals surface area contributed by atoms with Crippen LogP contribution in [0.1, 0.15) is 13.8 Å². The molecule has 0 saturated heterocycles. The van der Waals surface area contributed by atoms with E-state index in [4.69, 9.17) is 9.47 Å². The number of carbonyl (C=O) groups is 1. The van der Waals surface area contributed by atoms with E-state index in [-0.39, 0.29) is 16.8 Å². The molecular weight excluding hydrogens is 325 g/mol. The van der Waals surface area contributed by atoms with E-state index >= 15 is 0 Å². The Morgan fingerprint density at radius 1 is 1.58 bits per heavy atom. The Bertz CT molecular complexity index is 508. The summed E-state index contributed by atoms with van der Waals surface area (Å²) in [5, 5.41) is 10.8. The second-order valence-electron chi connectivity index (χ2n) is 3.50. The van der Waals surface area contributed by atoms with Crippen LogP contribution in [0, 0.1) is 15.9 Å². The van der Waals surface area contributed by atoms with Gasteiger partial charge in [-0.3, -0.25) is 10.1 Å². The van der Waals surface area contributed by atoms with E-state index in [2.05, 4.69) is 15.9 Å². The van der Waals surface area contributed by atoms with Crippen molar-refractivity contribution in [1.82, 2.24) is 0 Å². The zero-order valence-corrected chi connectivity index (χ0v) is 11.8. The molecule has 19 heavy (non-hydrogen) atoms. The highest BCUT2D eigenvalue weighted by Crippen LogP contribution is 2.33. The predicted molar refractivity (Wildman–Crippen MR) is 67.5 cm³/mol. The van der Waals surface area contributed by atoms with E-state index in [1.54, 1.807) is 6.92 Å². The van der Waals surface area contributed by atoms with E-state index in [1.165, 1.54) is 6.92 Å². The molecule has 0 saturated carbocycles. The number of benzene rings is 1. The van der Waals surface area contributed by atoms with E-state index in [0.29, 0.717) is 0 Å². The van der Waals surface area contributed by atoms with Gasteiger partial charge in [0.1, 0.15) is 5.82 Å². The lowest BCUT2D eigenvalue weighted by Gasteiger charge is -2.13. The minimum absolute atomic E-state index is 0.0599. The molecule has 0 bridgehead atoms. The zero-order chi connectivity index (χ0) is 14.6. The second kappa shape index (κ2) is 6.46. The third kappa shape index (κ3) is 3.88. The van der Waals surface area contributed by atoms with Crippen molar-refractivity contribution in [1.29, 1.82) is 0 Å². The Hall–Kier alpha value is -1.70. The average molecular weight is 336 g/mol. The third-order valence-electron chi connectivity index (χ3n) is 2.12. The van der Waals surface area contributed by atoms with Gasteiger partial charge in [-0.2, -0.15) is 0 Å². The molecule has 1 unspecified atom stereocenters. The molecule has 0 spiro atoms. The van der Waals surface area contributed by atoms with Crippen LogP contribution in [-0.4, -0.2) is 23.6 Å². The number of nitro groups is 1. The lowest BCUT2D eigenvalue weighted by molar-refractivity contribution is -0.386. The molecule has 0 amide bonds. The first-order valence-electron chi connectivity index (χ1n) is 5.33. The van der Waals surface area contributed by atoms with Crippen LogP contribution in [0.2, 0.25) is 0 Å². The van der Waals surface area contributed by atoms with Crippen LogP contribution in [-0.2, 0) is 9.53 Å². The highest BCUT2D eigenvalue weighted by atomic mass is 79.9. The van der Waals surface area contributed by atoms with Gasteiger partial charge in [0.15, 0.2) is 6.10 Å². The molecular formula is C11H11BrFNO5. The summed E-state index contributed by atoms with van der Waals surface area (Å²) in [6.45, 7) is 3.14. The Balaban J connectivity index is 3.03. The Morgan fingerprint density at radius 3 is 2.74 bits per heavy atom. The largest absolute Gasteiger partial charge is 0.472 e. The van der Waals surface area contributed by atoms with Gasteiger partial charge in [0, 0.05) is 12.1 Å². The van der Waals surface area contributed by atoms with Crippen molar-refractivity contribution in [2.24, 2.45) is 0 Å². The van der Waals surface area contributed by atoms with Crippen molar-refractivity contribution in [2.75, 3.05) is 6.61 Å². The van der Waals surface area contributed by atoms with E-state index in [0.717, 1.165) is 12.1 Å². The first kappa shape index (κ1) is 15.4. The van der Waals surface area contributed by atoms with Gasteiger partial charge in [-0.05, 0) is 29.8 Å². The molecule has 0 aliphatic carbocycles. The van der Waals surface area contributed by atoms with Crippen molar-refractivity contribution in [3.05, 3.63) is 32.5 Å². The van der Waals surface area contributed by atoms with Crippen LogP contribution in [0.3, 0.4) is 0 Å². The molecule has 1 aromatic carbocycles. The maximum atomic E-state index is 13.4. The Morgan fingerprint density at radius 2 is 2.21 bits per heavy atom. The highest BCUT2D eigenvalue weighted by Gasteiger charge is 2.24. The lowest BCUT2D eigenvalue weighted by Crippen LogP contribution is -2.26. The summed E-state index contributed by atoms with van der Waals surface area (Å²) in [5.41, 5.74) is -0.440. The van der Waals surface area contributed by atoms with Crippen LogP contribution < -0.4 is 4.74 Å². The van der Waals surface area contributed by atoms with Crippen molar-refractivity contribution in [2.45, 2.75) is 20.0 Å². The van der Waals surface area contributed by atoms with Crippen LogP contribution in [0.4, 0.5) is 10.1 Å². The third-order valence-corrected chi connectivity index (χ3v) is 2.73. The number of hydrogen-bond donors (Lipinski definition) is 0. The summed E-state index contributed by atoms with van der Waals surface area (Å²) in [4.78, 5) is 21.5. The van der Waals surface area contributed by atoms with E-state index < -0.39 is 28.5 Å². The summed E-state index contributed by atoms with van der Waals surface area (Å²) in [5.74, 6) is -1.73. The lowest BCUT2D eigenvalue weighted by atomic mass is 10.3. The minimum Gasteiger partial charge on any atom is -0.472 e. The maximum absolute atomic E-state index is 13.4. The predicted octanol–water partition coefficient (Wildman–Crippen LogP) is 2.83. The molecule has 0 aliphatic heterocycles. The van der Waals surface area contributed by atoms with Gasteiger partial charge in [0.2, 0.25) is 5.75 Å². The first-order valence-corrected chi connectivity index (χ1v) is 6.12. The van der Waals surface area contributed by atoms with Crippen LogP contribution in [0.25, 0.3) is 0 Å². The fraction of sp³-hybridized carbons (Fsp3) is 0.364. The van der Waals surface area contributed by atoms with Gasteiger partial charge < -0.3 is 9.47 Å². The minimum atomic E-state index is -1.07. The topological polar surface area (TPSA) is 78.7 Å². The molecule has 0 aliphatic rings. The average Bonchev–Trinajstić information content (AvgIpc) is 2.33. The summed E-state index contributed by atoms with van der Waals surface area (Å²) in [6, 6.07) is 1.82. The summed E-state index contributed by atoms with van der Waals surface area (Å²) in [7, 11) is 0. The molecule has 104 valence electrons. The first-order chi connectivity index (χ1) is 8.86. The molecule has 0 radical (unpaired) electrons. The zero-order valence-electron chi connectivity index (χ0n) is 10.2. The SMILES string of the molecule is CCOC(=O)C(C)Oc1cc(F)c(Br)cc1[N+](=O)[O-]. The van der Waals surface area contributed by atoms with Gasteiger partial charge in [-0.1, -0.05) is 0 Å². The maximum Gasteiger partial charge on any atom is 0.347 e. The number of nitrogens with zero attached hydrogens (tertiary/aromatic N) is 1. The fourth-order valence-electron chi connectivity index (χ4n) is 1.25. The van der Waals surface area contributed by atoms with E-state index in [1.807, 2.05) is 0 Å². The summed E-state index contributed by atoms with van der Waals surface area (Å²) >= 11 is 2.84. The van der Waals surface area contributed by atoms with Crippen molar-refractivity contribution in [3.63, 3.8) is 0 Å². The number of esters is 1. The van der Waals surface area contributed by atoms with Crippen molar-refractivity contribution >= 4 is 27.6 Å². The molecule has 1 rings (SSSR count). The van der Waals surface area contributed by atoms with Gasteiger partial charge in [0.05, 0.1) is 16.0 Å². The number of nitro benzene ring substituents is 1. The van der Waals surface area contributed by atoms with Crippen LogP contribution >= 0.6 is 15.9 Å². The van der Waals surface area contributed by atoms with Crippen molar-refractivity contribution in [3.8, 4) is 5.75 Å². The second-order valence-corrected chi connectivity index (χ2v) is 4.36. The number of rotatable bonds is 5. The molecule has 6 nitrogen and oxygen atoms in total. The standard InChI is InChI=1S/C11H11BrFNO5/c1-3-18-11(15)6(2)19-10-5-8(13)7(12)4-9(10)14(16)17/h4-6H,3H2,1-2H3. The number of halogens is 2. The van der Waals surface area contributed by atoms with Gasteiger partial charge in [-0.25, -0.2) is 9.18 Å². The summed E-state index contributed by atoms with van der Waals surface area (Å²) < 4.78 is 23.1. The normalized spacial score (nSPS) is 11.8. The quantitative estimate of drug-likeness (QED) is 0.469. The molecule has 1 atom stereocenters. The molecule has 0 N–H and O–H groups in total. The Labute approximate surface area is 116 Å². The Kier molecular flexibility index (Phi) is 5.22. The monoisotopic (exact) mass is 335 g/mol. The molecule has 1 aromatic rings. The molecule has 0 fully saturated rings. The van der Waals surface area contributed by atoms with Gasteiger partial charge in [-0.15, -0.1) is 0 Å². The van der Waals surface area contributed by atoms with Crippen LogP contribution in [0.5, 0.6) is 5.75 Å². The molecule has 0 heterocycles. The summed E-state index contributed by atoms with van der Waals surface area (Å²) in [6.07, 6.45) is -1.07. The number of hydrogen-bond acceptors (Lipinski definition) is 5. The number of ether oxygens (including phenoxy) is 2.